The van der Waals surface area contributed by atoms with Crippen molar-refractivity contribution < 1.29 is 18.3 Å². The van der Waals surface area contributed by atoms with Crippen LogP contribution in [-0.2, 0) is 22.0 Å². The summed E-state index contributed by atoms with van der Waals surface area (Å²) >= 11 is 0. The van der Waals surface area contributed by atoms with Gasteiger partial charge in [-0.25, -0.2) is 13.2 Å². The van der Waals surface area contributed by atoms with Gasteiger partial charge in [0.25, 0.3) is 0 Å². The van der Waals surface area contributed by atoms with Gasteiger partial charge in [-0.15, -0.1) is 0 Å². The SMILES string of the molecule is O=C(O)c1cccc(CS(=O)(=O)CCCc2ccccc2)c1. The fourth-order valence-corrected chi connectivity index (χ4v) is 3.68. The second-order valence-electron chi connectivity index (χ2n) is 5.19. The van der Waals surface area contributed by atoms with Crippen LogP contribution in [0, 0.1) is 0 Å². The molecule has 0 aromatic heterocycles. The summed E-state index contributed by atoms with van der Waals surface area (Å²) in [6.45, 7) is 0. The van der Waals surface area contributed by atoms with Crippen molar-refractivity contribution >= 4 is 15.8 Å². The molecule has 5 heteroatoms. The van der Waals surface area contributed by atoms with E-state index in [2.05, 4.69) is 0 Å². The molecule has 1 N–H and O–H groups in total. The first-order valence-corrected chi connectivity index (χ1v) is 8.85. The molecule has 0 saturated carbocycles. The smallest absolute Gasteiger partial charge is 0.335 e. The number of hydrogen-bond acceptors (Lipinski definition) is 3. The van der Waals surface area contributed by atoms with Crippen LogP contribution in [0.4, 0.5) is 0 Å². The Labute approximate surface area is 130 Å². The van der Waals surface area contributed by atoms with Crippen molar-refractivity contribution in [3.63, 3.8) is 0 Å². The highest BCUT2D eigenvalue weighted by atomic mass is 32.2. The zero-order valence-electron chi connectivity index (χ0n) is 12.1. The Kier molecular flexibility index (Phi) is 5.33. The fourth-order valence-electron chi connectivity index (χ4n) is 2.26. The van der Waals surface area contributed by atoms with Crippen LogP contribution in [0.3, 0.4) is 0 Å². The number of benzene rings is 2. The van der Waals surface area contributed by atoms with Crippen molar-refractivity contribution in [1.29, 1.82) is 0 Å². The van der Waals surface area contributed by atoms with Gasteiger partial charge in [0.15, 0.2) is 9.84 Å². The maximum Gasteiger partial charge on any atom is 0.335 e. The number of sulfone groups is 1. The monoisotopic (exact) mass is 318 g/mol. The van der Waals surface area contributed by atoms with Crippen molar-refractivity contribution in [2.45, 2.75) is 18.6 Å². The highest BCUT2D eigenvalue weighted by Crippen LogP contribution is 2.12. The van der Waals surface area contributed by atoms with Gasteiger partial charge in [-0.05, 0) is 36.1 Å². The first kappa shape index (κ1) is 16.2. The Morgan fingerprint density at radius 1 is 0.955 bits per heavy atom. The third kappa shape index (κ3) is 5.00. The van der Waals surface area contributed by atoms with Gasteiger partial charge in [0.05, 0.1) is 17.1 Å². The molecule has 0 unspecified atom stereocenters. The zero-order valence-corrected chi connectivity index (χ0v) is 12.9. The van der Waals surface area contributed by atoms with E-state index in [1.54, 1.807) is 12.1 Å². The summed E-state index contributed by atoms with van der Waals surface area (Å²) in [5, 5.41) is 8.93. The van der Waals surface area contributed by atoms with Gasteiger partial charge in [0.2, 0.25) is 0 Å². The molecule has 0 atom stereocenters. The van der Waals surface area contributed by atoms with Crippen LogP contribution in [-0.4, -0.2) is 25.2 Å². The molecule has 0 heterocycles. The average molecular weight is 318 g/mol. The van der Waals surface area contributed by atoms with Crippen LogP contribution in [0.25, 0.3) is 0 Å². The van der Waals surface area contributed by atoms with E-state index in [9.17, 15) is 13.2 Å². The van der Waals surface area contributed by atoms with Crippen LogP contribution in [0.2, 0.25) is 0 Å². The minimum absolute atomic E-state index is 0.0964. The Morgan fingerprint density at radius 2 is 1.64 bits per heavy atom. The second kappa shape index (κ2) is 7.22. The zero-order chi connectivity index (χ0) is 16.0. The van der Waals surface area contributed by atoms with E-state index in [1.165, 1.54) is 12.1 Å². The highest BCUT2D eigenvalue weighted by molar-refractivity contribution is 7.90. The molecular weight excluding hydrogens is 300 g/mol. The quantitative estimate of drug-likeness (QED) is 0.852. The first-order chi connectivity index (χ1) is 10.5. The number of aryl methyl sites for hydroxylation is 1. The lowest BCUT2D eigenvalue weighted by molar-refractivity contribution is 0.0696. The fraction of sp³-hybridized carbons (Fsp3) is 0.235. The predicted molar refractivity (Wildman–Crippen MR) is 85.7 cm³/mol. The maximum atomic E-state index is 12.1. The molecule has 116 valence electrons. The molecule has 0 aliphatic heterocycles. The molecule has 22 heavy (non-hydrogen) atoms. The van der Waals surface area contributed by atoms with E-state index in [0.29, 0.717) is 12.0 Å². The molecule has 2 aromatic carbocycles. The molecule has 0 spiro atoms. The van der Waals surface area contributed by atoms with Gasteiger partial charge in [-0.2, -0.15) is 0 Å². The van der Waals surface area contributed by atoms with Crippen molar-refractivity contribution in [3.05, 3.63) is 71.3 Å². The Morgan fingerprint density at radius 3 is 2.32 bits per heavy atom. The third-order valence-corrected chi connectivity index (χ3v) is 5.01. The van der Waals surface area contributed by atoms with Gasteiger partial charge in [-0.1, -0.05) is 42.5 Å². The first-order valence-electron chi connectivity index (χ1n) is 7.03. The van der Waals surface area contributed by atoms with Gasteiger partial charge < -0.3 is 5.11 Å². The number of hydrogen-bond donors (Lipinski definition) is 1. The highest BCUT2D eigenvalue weighted by Gasteiger charge is 2.13. The van der Waals surface area contributed by atoms with Crippen molar-refractivity contribution in [1.82, 2.24) is 0 Å². The number of carbonyl (C=O) groups is 1. The second-order valence-corrected chi connectivity index (χ2v) is 7.37. The van der Waals surface area contributed by atoms with Crippen molar-refractivity contribution in [2.24, 2.45) is 0 Å². The molecular formula is C17H18O4S. The molecule has 0 fully saturated rings. The molecule has 0 bridgehead atoms. The lowest BCUT2D eigenvalue weighted by Crippen LogP contribution is -2.10. The van der Waals surface area contributed by atoms with E-state index in [1.807, 2.05) is 30.3 Å². The molecule has 0 aliphatic carbocycles. The Hall–Kier alpha value is -2.14. The summed E-state index contributed by atoms with van der Waals surface area (Å²) in [5.41, 5.74) is 1.74. The minimum Gasteiger partial charge on any atom is -0.478 e. The van der Waals surface area contributed by atoms with E-state index in [0.717, 1.165) is 12.0 Å². The van der Waals surface area contributed by atoms with Gasteiger partial charge in [0.1, 0.15) is 0 Å². The maximum absolute atomic E-state index is 12.1. The topological polar surface area (TPSA) is 71.4 Å². The largest absolute Gasteiger partial charge is 0.478 e. The van der Waals surface area contributed by atoms with Crippen LogP contribution in [0.1, 0.15) is 27.9 Å². The standard InChI is InChI=1S/C17H18O4S/c18-17(19)16-10-4-8-15(12-16)13-22(20,21)11-5-9-14-6-2-1-3-7-14/h1-4,6-8,10,12H,5,9,11,13H2,(H,18,19). The van der Waals surface area contributed by atoms with Crippen LogP contribution in [0.5, 0.6) is 0 Å². The number of carboxylic acid groups (broad SMARTS) is 1. The molecule has 0 aliphatic rings. The van der Waals surface area contributed by atoms with Gasteiger partial charge in [-0.3, -0.25) is 0 Å². The average Bonchev–Trinajstić information content (AvgIpc) is 2.48. The minimum atomic E-state index is -3.24. The summed E-state index contributed by atoms with van der Waals surface area (Å²) in [4.78, 5) is 10.9. The molecule has 0 amide bonds. The number of rotatable bonds is 7. The summed E-state index contributed by atoms with van der Waals surface area (Å²) in [7, 11) is -3.24. The molecule has 2 rings (SSSR count). The van der Waals surface area contributed by atoms with E-state index >= 15 is 0 Å². The number of aromatic carboxylic acids is 1. The Bertz CT molecular complexity index is 736. The lowest BCUT2D eigenvalue weighted by atomic mass is 10.1. The summed E-state index contributed by atoms with van der Waals surface area (Å²) in [6.07, 6.45) is 1.28. The van der Waals surface area contributed by atoms with Gasteiger partial charge >= 0.3 is 5.97 Å². The summed E-state index contributed by atoms with van der Waals surface area (Å²) in [5.74, 6) is -1.08. The van der Waals surface area contributed by atoms with E-state index in [4.69, 9.17) is 5.11 Å². The lowest BCUT2D eigenvalue weighted by Gasteiger charge is -2.06. The van der Waals surface area contributed by atoms with E-state index < -0.39 is 15.8 Å². The normalized spacial score (nSPS) is 11.3. The third-order valence-electron chi connectivity index (χ3n) is 3.32. The molecule has 0 saturated heterocycles. The molecule has 2 aromatic rings. The number of carboxylic acids is 1. The van der Waals surface area contributed by atoms with Gasteiger partial charge in [0, 0.05) is 0 Å². The summed E-state index contributed by atoms with van der Waals surface area (Å²) < 4.78 is 24.2. The molecule has 4 nitrogen and oxygen atoms in total. The van der Waals surface area contributed by atoms with Crippen LogP contribution >= 0.6 is 0 Å². The summed E-state index contributed by atoms with van der Waals surface area (Å²) in [6, 6.07) is 15.8. The van der Waals surface area contributed by atoms with Crippen LogP contribution < -0.4 is 0 Å². The van der Waals surface area contributed by atoms with Crippen molar-refractivity contribution in [3.8, 4) is 0 Å². The molecule has 0 radical (unpaired) electrons. The van der Waals surface area contributed by atoms with Crippen LogP contribution in [0.15, 0.2) is 54.6 Å². The van der Waals surface area contributed by atoms with Crippen molar-refractivity contribution in [2.75, 3.05) is 5.75 Å². The van der Waals surface area contributed by atoms with E-state index in [-0.39, 0.29) is 17.1 Å². The predicted octanol–water partition coefficient (Wildman–Crippen LogP) is 2.93. The Balaban J connectivity index is 1.93.